The molecule has 1 unspecified atom stereocenters. The number of carboxylic acid groups (broad SMARTS) is 1. The van der Waals surface area contributed by atoms with Crippen LogP contribution in [0, 0.1) is 5.82 Å². The molecule has 0 spiro atoms. The number of fused-ring (bicyclic) bond motifs is 3. The maximum absolute atomic E-state index is 16.2. The molecule has 1 aliphatic carbocycles. The molecule has 2 aliphatic heterocycles. The lowest BCUT2D eigenvalue weighted by Gasteiger charge is -2.32. The first-order valence-electron chi connectivity index (χ1n) is 10.8. The van der Waals surface area contributed by atoms with Gasteiger partial charge < -0.3 is 35.5 Å². The summed E-state index contributed by atoms with van der Waals surface area (Å²) in [5.74, 6) is -2.80. The smallest absolute Gasteiger partial charge is 0.358 e. The van der Waals surface area contributed by atoms with Crippen molar-refractivity contribution >= 4 is 34.2 Å². The summed E-state index contributed by atoms with van der Waals surface area (Å²) >= 11 is 0. The second-order valence-electron chi connectivity index (χ2n) is 8.58. The molecule has 1 saturated heterocycles. The predicted octanol–water partition coefficient (Wildman–Crippen LogP) is 2.22. The van der Waals surface area contributed by atoms with Crippen molar-refractivity contribution in [3.05, 3.63) is 28.8 Å². The molecule has 2 aromatic rings. The van der Waals surface area contributed by atoms with Crippen molar-refractivity contribution in [1.82, 2.24) is 4.98 Å². The van der Waals surface area contributed by atoms with Crippen LogP contribution in [0.5, 0.6) is 5.75 Å². The van der Waals surface area contributed by atoms with E-state index in [1.165, 1.54) is 6.20 Å². The van der Waals surface area contributed by atoms with Crippen LogP contribution in [0.2, 0.25) is 0 Å². The molecular weight excluding hydrogens is 419 g/mol. The maximum Gasteiger partial charge on any atom is 0.358 e. The van der Waals surface area contributed by atoms with Gasteiger partial charge in [0.2, 0.25) is 0 Å². The molecule has 1 atom stereocenters. The summed E-state index contributed by atoms with van der Waals surface area (Å²) in [7, 11) is 0. The van der Waals surface area contributed by atoms with Gasteiger partial charge >= 0.3 is 11.9 Å². The maximum atomic E-state index is 16.2. The average molecular weight is 444 g/mol. The number of anilines is 2. The Kier molecular flexibility index (Phi) is 4.77. The molecule has 9 nitrogen and oxygen atoms in total. The minimum Gasteiger partial charge on any atom is -0.505 e. The summed E-state index contributed by atoms with van der Waals surface area (Å²) < 4.78 is 21.3. The van der Waals surface area contributed by atoms with Gasteiger partial charge in [0.25, 0.3) is 0 Å². The first kappa shape index (κ1) is 20.6. The largest absolute Gasteiger partial charge is 0.505 e. The molecule has 0 amide bonds. The highest BCUT2D eigenvalue weighted by atomic mass is 19.1. The zero-order valence-electron chi connectivity index (χ0n) is 17.7. The lowest BCUT2D eigenvalue weighted by molar-refractivity contribution is -0.132. The summed E-state index contributed by atoms with van der Waals surface area (Å²) in [4.78, 5) is 30.7. The quantitative estimate of drug-likeness (QED) is 0.516. The monoisotopic (exact) mass is 444 g/mol. The van der Waals surface area contributed by atoms with Gasteiger partial charge in [-0.3, -0.25) is 0 Å². The number of H-pyrrole nitrogens is 1. The second kappa shape index (κ2) is 7.40. The Balaban J connectivity index is 1.81. The number of hydrogen-bond acceptors (Lipinski definition) is 7. The van der Waals surface area contributed by atoms with E-state index in [0.29, 0.717) is 30.6 Å². The molecular formula is C22H25FN4O5. The van der Waals surface area contributed by atoms with E-state index < -0.39 is 23.5 Å². The van der Waals surface area contributed by atoms with E-state index in [4.69, 9.17) is 10.5 Å². The summed E-state index contributed by atoms with van der Waals surface area (Å²) in [6.45, 7) is 2.66. The Hall–Kier alpha value is -3.27. The summed E-state index contributed by atoms with van der Waals surface area (Å²) in [5, 5.41) is 20.8. The fraction of sp³-hybridized carbons (Fsp3) is 0.455. The number of benzene rings is 1. The molecule has 10 heteroatoms. The number of aromatic hydroxyl groups is 1. The van der Waals surface area contributed by atoms with Gasteiger partial charge in [0, 0.05) is 43.4 Å². The number of aromatic nitrogens is 1. The number of rotatable bonds is 5. The van der Waals surface area contributed by atoms with E-state index in [-0.39, 0.29) is 53.1 Å². The zero-order chi connectivity index (χ0) is 22.7. The number of aromatic amines is 1. The third-order valence-electron chi connectivity index (χ3n) is 6.37. The number of nitrogens with two attached hydrogens (primary N) is 1. The van der Waals surface area contributed by atoms with Gasteiger partial charge in [-0.2, -0.15) is 0 Å². The summed E-state index contributed by atoms with van der Waals surface area (Å²) in [5.41, 5.74) is 7.22. The molecule has 5 N–H and O–H groups in total. The van der Waals surface area contributed by atoms with Gasteiger partial charge in [0.15, 0.2) is 17.3 Å². The van der Waals surface area contributed by atoms with E-state index in [0.717, 1.165) is 12.8 Å². The topological polar surface area (TPSA) is 132 Å². The number of hydrogen-bond donors (Lipinski definition) is 4. The number of aliphatic carboxylic acids is 1. The van der Waals surface area contributed by atoms with Gasteiger partial charge in [-0.15, -0.1) is 0 Å². The molecule has 1 aromatic heterocycles. The standard InChI is InChI=1S/C22H25FN4O5/c1-2-32-22(31)17-20(28)14-16(25-17)13-7-10(21(29)30)8-27(12-3-4-12)18(13)15(23)19(14)26-6-5-11(24)9-26/h8,11-12,25,28H,2-7,9,24H2,1H3,(H,29,30). The number of halogens is 1. The van der Waals surface area contributed by atoms with E-state index in [1.807, 2.05) is 0 Å². The SMILES string of the molecule is CCOC(=O)c1[nH]c2c3c(c(F)c(N4CCC(N)C4)c2c1O)N(C1CC1)C=C(C(=O)O)C3. The van der Waals surface area contributed by atoms with Crippen molar-refractivity contribution in [3.8, 4) is 5.75 Å². The first-order valence-corrected chi connectivity index (χ1v) is 10.8. The number of ether oxygens (including phenoxy) is 1. The fourth-order valence-corrected chi connectivity index (χ4v) is 4.74. The number of carboxylic acids is 1. The zero-order valence-corrected chi connectivity index (χ0v) is 17.7. The lowest BCUT2D eigenvalue weighted by atomic mass is 9.95. The van der Waals surface area contributed by atoms with Gasteiger partial charge in [0.1, 0.15) is 0 Å². The van der Waals surface area contributed by atoms with E-state index >= 15 is 4.39 Å². The minimum absolute atomic E-state index is 0.0112. The summed E-state index contributed by atoms with van der Waals surface area (Å²) in [6, 6.07) is -0.124. The number of carbonyl (C=O) groups excluding carboxylic acids is 1. The Morgan fingerprint density at radius 1 is 1.31 bits per heavy atom. The van der Waals surface area contributed by atoms with Crippen molar-refractivity contribution in [2.24, 2.45) is 5.73 Å². The van der Waals surface area contributed by atoms with Crippen LogP contribution in [0.4, 0.5) is 15.8 Å². The van der Waals surface area contributed by atoms with Crippen LogP contribution < -0.4 is 15.5 Å². The second-order valence-corrected chi connectivity index (χ2v) is 8.58. The number of nitrogens with zero attached hydrogens (tertiary/aromatic N) is 2. The van der Waals surface area contributed by atoms with Crippen molar-refractivity contribution < 1.29 is 28.9 Å². The lowest BCUT2D eigenvalue weighted by Crippen LogP contribution is -2.30. The van der Waals surface area contributed by atoms with Gasteiger partial charge in [-0.05, 0) is 26.2 Å². The van der Waals surface area contributed by atoms with Crippen LogP contribution in [0.25, 0.3) is 10.9 Å². The normalized spacial score (nSPS) is 20.5. The van der Waals surface area contributed by atoms with Crippen LogP contribution in [0.3, 0.4) is 0 Å². The highest BCUT2D eigenvalue weighted by Crippen LogP contribution is 2.50. The number of carbonyl (C=O) groups is 2. The van der Waals surface area contributed by atoms with Gasteiger partial charge in [0.05, 0.1) is 34.5 Å². The highest BCUT2D eigenvalue weighted by Gasteiger charge is 2.40. The average Bonchev–Trinajstić information content (AvgIpc) is 3.43. The Bertz CT molecular complexity index is 1170. The molecule has 2 fully saturated rings. The van der Waals surface area contributed by atoms with E-state index in [9.17, 15) is 19.8 Å². The van der Waals surface area contributed by atoms with Crippen LogP contribution in [-0.2, 0) is 16.0 Å². The van der Waals surface area contributed by atoms with Gasteiger partial charge in [-0.25, -0.2) is 14.0 Å². The van der Waals surface area contributed by atoms with Crippen molar-refractivity contribution in [2.45, 2.75) is 44.7 Å². The molecule has 1 saturated carbocycles. The van der Waals surface area contributed by atoms with E-state index in [1.54, 1.807) is 16.7 Å². The van der Waals surface area contributed by atoms with Crippen LogP contribution in [-0.4, -0.2) is 58.9 Å². The molecule has 1 aromatic carbocycles. The molecule has 170 valence electrons. The highest BCUT2D eigenvalue weighted by molar-refractivity contribution is 6.10. The van der Waals surface area contributed by atoms with Crippen molar-refractivity contribution in [3.63, 3.8) is 0 Å². The third kappa shape index (κ3) is 3.09. The molecule has 5 rings (SSSR count). The summed E-state index contributed by atoms with van der Waals surface area (Å²) in [6.07, 6.45) is 3.79. The van der Waals surface area contributed by atoms with Crippen LogP contribution in [0.1, 0.15) is 42.2 Å². The number of esters is 1. The predicted molar refractivity (Wildman–Crippen MR) is 116 cm³/mol. The third-order valence-corrected chi connectivity index (χ3v) is 6.37. The Morgan fingerprint density at radius 3 is 2.66 bits per heavy atom. The van der Waals surface area contributed by atoms with Gasteiger partial charge in [-0.1, -0.05) is 0 Å². The molecule has 3 heterocycles. The number of nitrogens with one attached hydrogen (secondary N) is 1. The Morgan fingerprint density at radius 2 is 2.06 bits per heavy atom. The fourth-order valence-electron chi connectivity index (χ4n) is 4.74. The minimum atomic E-state index is -1.09. The molecule has 3 aliphatic rings. The van der Waals surface area contributed by atoms with Crippen molar-refractivity contribution in [2.75, 3.05) is 29.5 Å². The van der Waals surface area contributed by atoms with Crippen molar-refractivity contribution in [1.29, 1.82) is 0 Å². The Labute approximate surface area is 183 Å². The molecule has 32 heavy (non-hydrogen) atoms. The van der Waals surface area contributed by atoms with E-state index in [2.05, 4.69) is 4.98 Å². The molecule has 0 bridgehead atoms. The van der Waals surface area contributed by atoms with Crippen LogP contribution in [0.15, 0.2) is 11.8 Å². The first-order chi connectivity index (χ1) is 15.3. The van der Waals surface area contributed by atoms with Crippen LogP contribution >= 0.6 is 0 Å². The molecule has 0 radical (unpaired) electrons.